The number of pyridine rings is 1. The van der Waals surface area contributed by atoms with Gasteiger partial charge in [-0.3, -0.25) is 4.98 Å². The van der Waals surface area contributed by atoms with E-state index in [2.05, 4.69) is 75.2 Å². The van der Waals surface area contributed by atoms with Gasteiger partial charge in [0.2, 0.25) is 0 Å². The second-order valence-electron chi connectivity index (χ2n) is 7.98. The third-order valence-corrected chi connectivity index (χ3v) is 6.40. The molecule has 6 heteroatoms. The minimum atomic E-state index is -0.0168. The van der Waals surface area contributed by atoms with E-state index in [1.165, 1.54) is 11.4 Å². The van der Waals surface area contributed by atoms with Crippen molar-refractivity contribution in [3.05, 3.63) is 83.9 Å². The van der Waals surface area contributed by atoms with Crippen LogP contribution in [0, 0.1) is 6.92 Å². The lowest BCUT2D eigenvalue weighted by atomic mass is 10.0. The first-order chi connectivity index (χ1) is 14.7. The first-order valence-corrected chi connectivity index (χ1v) is 11.0. The Morgan fingerprint density at radius 2 is 1.93 bits per heavy atom. The fraction of sp³-hybridized carbons (Fsp3) is 0.333. The number of nitrogens with zero attached hydrogens (tertiary/aromatic N) is 3. The van der Waals surface area contributed by atoms with E-state index in [9.17, 15) is 0 Å². The Bertz CT molecular complexity index is 1010. The molecule has 0 saturated carbocycles. The quantitative estimate of drug-likeness (QED) is 0.625. The van der Waals surface area contributed by atoms with Gasteiger partial charge in [-0.1, -0.05) is 24.3 Å². The average molecular weight is 419 g/mol. The summed E-state index contributed by atoms with van der Waals surface area (Å²) in [5, 5.41) is 4.32. The van der Waals surface area contributed by atoms with Gasteiger partial charge < -0.3 is 19.5 Å². The lowest BCUT2D eigenvalue weighted by Crippen LogP contribution is -2.36. The average Bonchev–Trinajstić information content (AvgIpc) is 3.50. The molecule has 1 aromatic carbocycles. The highest BCUT2D eigenvalue weighted by atomic mass is 32.1. The van der Waals surface area contributed by atoms with E-state index in [1.807, 2.05) is 18.3 Å². The van der Waals surface area contributed by atoms with E-state index in [1.54, 1.807) is 0 Å². The molecular formula is C24H26N4OS. The van der Waals surface area contributed by atoms with Crippen molar-refractivity contribution in [1.29, 1.82) is 0 Å². The van der Waals surface area contributed by atoms with Gasteiger partial charge in [-0.15, -0.1) is 0 Å². The van der Waals surface area contributed by atoms with Gasteiger partial charge in [-0.25, -0.2) is 0 Å². The summed E-state index contributed by atoms with van der Waals surface area (Å²) in [5.74, 6) is 0. The van der Waals surface area contributed by atoms with Crippen molar-refractivity contribution in [3.8, 4) is 5.69 Å². The second kappa shape index (κ2) is 8.20. The molecule has 0 unspecified atom stereocenters. The predicted octanol–water partition coefficient (Wildman–Crippen LogP) is 4.33. The molecule has 2 fully saturated rings. The van der Waals surface area contributed by atoms with Crippen LogP contribution in [0.25, 0.3) is 5.69 Å². The summed E-state index contributed by atoms with van der Waals surface area (Å²) in [6, 6.07) is 21.0. The summed E-state index contributed by atoms with van der Waals surface area (Å²) in [6.45, 7) is 3.78. The molecule has 5 nitrogen and oxygen atoms in total. The minimum Gasteiger partial charge on any atom is -0.376 e. The van der Waals surface area contributed by atoms with E-state index in [0.717, 1.165) is 42.5 Å². The maximum Gasteiger partial charge on any atom is 0.170 e. The number of nitrogens with one attached hydrogen (secondary N) is 1. The zero-order chi connectivity index (χ0) is 20.5. The van der Waals surface area contributed by atoms with Crippen molar-refractivity contribution in [3.63, 3.8) is 0 Å². The Kier molecular flexibility index (Phi) is 5.27. The smallest absolute Gasteiger partial charge is 0.170 e. The molecular weight excluding hydrogens is 392 g/mol. The molecule has 2 aliphatic heterocycles. The van der Waals surface area contributed by atoms with E-state index in [0.29, 0.717) is 0 Å². The summed E-state index contributed by atoms with van der Waals surface area (Å²) in [4.78, 5) is 6.96. The second-order valence-corrected chi connectivity index (χ2v) is 8.37. The third-order valence-electron chi connectivity index (χ3n) is 6.05. The number of hydrogen-bond acceptors (Lipinski definition) is 3. The molecule has 3 atom stereocenters. The molecule has 0 radical (unpaired) electrons. The molecule has 0 bridgehead atoms. The lowest BCUT2D eigenvalue weighted by Gasteiger charge is -2.30. The van der Waals surface area contributed by atoms with Crippen LogP contribution in [-0.4, -0.2) is 38.8 Å². The topological polar surface area (TPSA) is 42.3 Å². The molecule has 3 aromatic rings. The largest absolute Gasteiger partial charge is 0.376 e. The van der Waals surface area contributed by atoms with Gasteiger partial charge >= 0.3 is 0 Å². The molecule has 0 amide bonds. The van der Waals surface area contributed by atoms with Crippen LogP contribution in [0.5, 0.6) is 0 Å². The van der Waals surface area contributed by atoms with Crippen LogP contribution >= 0.6 is 12.2 Å². The molecule has 0 spiro atoms. The van der Waals surface area contributed by atoms with Gasteiger partial charge in [0, 0.05) is 36.4 Å². The molecule has 1 N–H and O–H groups in total. The van der Waals surface area contributed by atoms with Gasteiger partial charge in [-0.2, -0.15) is 0 Å². The Balaban J connectivity index is 1.60. The Hall–Kier alpha value is -2.70. The zero-order valence-electron chi connectivity index (χ0n) is 17.1. The van der Waals surface area contributed by atoms with E-state index in [-0.39, 0.29) is 18.2 Å². The number of hydrogen-bond donors (Lipinski definition) is 1. The number of ether oxygens (including phenoxy) is 1. The fourth-order valence-corrected chi connectivity index (χ4v) is 4.97. The molecule has 2 saturated heterocycles. The summed E-state index contributed by atoms with van der Waals surface area (Å²) in [7, 11) is 0. The number of aryl methyl sites for hydroxylation is 1. The number of thiocarbonyl (C=S) groups is 1. The van der Waals surface area contributed by atoms with Crippen LogP contribution < -0.4 is 5.32 Å². The number of para-hydroxylation sites is 1. The van der Waals surface area contributed by atoms with Crippen molar-refractivity contribution in [2.24, 2.45) is 0 Å². The standard InChI is InChI=1S/C24H26N4OS/c1-17-12-13-21(28(17)18-8-3-2-4-9-18)23-22(20-11-5-6-14-25-20)26-24(30)27(23)16-19-10-7-15-29-19/h2-6,8-9,11-14,19,22-23H,7,10,15-16H2,1H3,(H,26,30)/t19-,22-,23-/m1/s1. The third kappa shape index (κ3) is 3.50. The molecule has 5 rings (SSSR count). The van der Waals surface area contributed by atoms with Gasteiger partial charge in [0.05, 0.1) is 23.9 Å². The highest BCUT2D eigenvalue weighted by Crippen LogP contribution is 2.40. The predicted molar refractivity (Wildman–Crippen MR) is 122 cm³/mol. The normalized spacial score (nSPS) is 23.7. The van der Waals surface area contributed by atoms with Gasteiger partial charge in [0.15, 0.2) is 5.11 Å². The zero-order valence-corrected chi connectivity index (χ0v) is 17.9. The van der Waals surface area contributed by atoms with Gasteiger partial charge in [0.1, 0.15) is 0 Å². The highest BCUT2D eigenvalue weighted by Gasteiger charge is 2.42. The summed E-state index contributed by atoms with van der Waals surface area (Å²) < 4.78 is 8.29. The van der Waals surface area contributed by atoms with Crippen LogP contribution in [0.2, 0.25) is 0 Å². The number of rotatable bonds is 5. The fourth-order valence-electron chi connectivity index (χ4n) is 4.65. The summed E-state index contributed by atoms with van der Waals surface area (Å²) in [6.07, 6.45) is 4.27. The van der Waals surface area contributed by atoms with E-state index < -0.39 is 0 Å². The molecule has 0 aliphatic carbocycles. The summed E-state index contributed by atoms with van der Waals surface area (Å²) >= 11 is 5.82. The molecule has 4 heterocycles. The highest BCUT2D eigenvalue weighted by molar-refractivity contribution is 7.80. The molecule has 30 heavy (non-hydrogen) atoms. The molecule has 154 valence electrons. The Morgan fingerprint density at radius 1 is 1.10 bits per heavy atom. The Labute approximate surface area is 182 Å². The number of aromatic nitrogens is 2. The van der Waals surface area contributed by atoms with Crippen molar-refractivity contribution < 1.29 is 4.74 Å². The van der Waals surface area contributed by atoms with Crippen LogP contribution in [0.4, 0.5) is 0 Å². The molecule has 2 aliphatic rings. The van der Waals surface area contributed by atoms with Crippen molar-refractivity contribution in [1.82, 2.24) is 19.8 Å². The SMILES string of the molecule is Cc1ccc([C@@H]2[C@@H](c3ccccn3)NC(=S)N2C[C@H]2CCCO2)n1-c1ccccc1. The summed E-state index contributed by atoms with van der Waals surface area (Å²) in [5.41, 5.74) is 4.56. The van der Waals surface area contributed by atoms with Crippen LogP contribution in [0.1, 0.15) is 42.0 Å². The van der Waals surface area contributed by atoms with Crippen molar-refractivity contribution in [2.45, 2.75) is 38.0 Å². The van der Waals surface area contributed by atoms with E-state index >= 15 is 0 Å². The lowest BCUT2D eigenvalue weighted by molar-refractivity contribution is 0.0836. The van der Waals surface area contributed by atoms with Crippen molar-refractivity contribution in [2.75, 3.05) is 13.2 Å². The first-order valence-electron chi connectivity index (χ1n) is 10.6. The molecule has 2 aromatic heterocycles. The Morgan fingerprint density at radius 3 is 2.67 bits per heavy atom. The maximum absolute atomic E-state index is 5.96. The van der Waals surface area contributed by atoms with Crippen LogP contribution in [0.3, 0.4) is 0 Å². The minimum absolute atomic E-state index is 0.0168. The van der Waals surface area contributed by atoms with Crippen molar-refractivity contribution >= 4 is 17.3 Å². The number of benzene rings is 1. The van der Waals surface area contributed by atoms with Crippen LogP contribution in [0.15, 0.2) is 66.9 Å². The maximum atomic E-state index is 5.96. The van der Waals surface area contributed by atoms with Crippen LogP contribution in [-0.2, 0) is 4.74 Å². The first kappa shape index (κ1) is 19.3. The van der Waals surface area contributed by atoms with Gasteiger partial charge in [0.25, 0.3) is 0 Å². The monoisotopic (exact) mass is 418 g/mol. The van der Waals surface area contributed by atoms with Gasteiger partial charge in [-0.05, 0) is 68.4 Å². The van der Waals surface area contributed by atoms with E-state index in [4.69, 9.17) is 17.0 Å².